The molecule has 8 rings (SSSR count). The van der Waals surface area contributed by atoms with Crippen molar-refractivity contribution in [2.75, 3.05) is 60.8 Å². The summed E-state index contributed by atoms with van der Waals surface area (Å²) >= 11 is 17.8. The Kier molecular flexibility index (Phi) is 14.2. The normalized spacial score (nSPS) is 17.0. The number of nitrogens with zero attached hydrogens (tertiary/aromatic N) is 9. The summed E-state index contributed by atoms with van der Waals surface area (Å²) in [5.41, 5.74) is 15.1. The number of imidazole rings is 2. The molecule has 51 heavy (non-hydrogen) atoms. The van der Waals surface area contributed by atoms with Crippen molar-refractivity contribution in [2.45, 2.75) is 25.9 Å². The molecule has 2 fully saturated rings. The molecule has 2 saturated heterocycles. The third-order valence-electron chi connectivity index (χ3n) is 7.84. The van der Waals surface area contributed by atoms with E-state index in [0.717, 1.165) is 46.8 Å². The van der Waals surface area contributed by atoms with Gasteiger partial charge in [-0.15, -0.1) is 0 Å². The van der Waals surface area contributed by atoms with Gasteiger partial charge in [-0.1, -0.05) is 47.5 Å². The van der Waals surface area contributed by atoms with Crippen LogP contribution < -0.4 is 21.3 Å². The SMILES string of the molecule is C[C@@H]1COCCN1c1cc(Cl)nc(-n2c(N)nc3ccccc32)n1.C[C@@H]1COCCN1c1cc(Cl)nc(Cl)n1.Nc1nc2ccccc2[nH]1.[CH3-].[W]. The van der Waals surface area contributed by atoms with E-state index in [0.29, 0.717) is 54.6 Å². The van der Waals surface area contributed by atoms with Crippen LogP contribution in [0.4, 0.5) is 23.5 Å². The predicted molar refractivity (Wildman–Crippen MR) is 200 cm³/mol. The van der Waals surface area contributed by atoms with Gasteiger partial charge in [0.05, 0.1) is 60.6 Å². The van der Waals surface area contributed by atoms with E-state index in [-0.39, 0.29) is 45.9 Å². The number of nitrogens with one attached hydrogen (secondary N) is 1. The number of aromatic amines is 1. The number of anilines is 4. The number of rotatable bonds is 3. The summed E-state index contributed by atoms with van der Waals surface area (Å²) in [6, 6.07) is 19.4. The summed E-state index contributed by atoms with van der Waals surface area (Å²) in [6.07, 6.45) is 0. The van der Waals surface area contributed by atoms with Crippen LogP contribution in [0.5, 0.6) is 0 Å². The number of fused-ring (bicyclic) bond motifs is 2. The van der Waals surface area contributed by atoms with Crippen molar-refractivity contribution >= 4 is 80.4 Å². The standard InChI is InChI=1S/C16H17ClN6O.C9H11Cl2N3O.C7H7N3.CH3.W/c1-10-9-24-7-6-22(10)14-8-13(17)20-16(21-14)23-12-5-3-2-4-11(12)19-15(23)18;1-6-5-15-3-2-14(6)8-4-7(10)12-9(11)13-8;8-7-9-5-3-1-2-4-6(5)10-7;;/h2-5,8,10H,6-7,9H2,1H3,(H2,18,19);4,6H,2-3,5H2,1H3;1-4H,(H3,8,9,10);1H3;/q;;;-1;/t10-;6-;;;/m11.../s1. The van der Waals surface area contributed by atoms with Gasteiger partial charge in [-0.3, -0.25) is 0 Å². The number of halogens is 3. The molecule has 0 bridgehead atoms. The molecule has 18 heteroatoms. The van der Waals surface area contributed by atoms with E-state index < -0.39 is 0 Å². The van der Waals surface area contributed by atoms with Crippen LogP contribution >= 0.6 is 34.8 Å². The number of nitrogen functional groups attached to an aromatic ring is 2. The van der Waals surface area contributed by atoms with Gasteiger partial charge in [-0.2, -0.15) is 4.98 Å². The maximum atomic E-state index is 6.25. The number of nitrogens with two attached hydrogens (primary N) is 2. The van der Waals surface area contributed by atoms with Crippen LogP contribution in [-0.4, -0.2) is 91.1 Å². The van der Waals surface area contributed by atoms with Gasteiger partial charge in [0.15, 0.2) is 5.95 Å². The van der Waals surface area contributed by atoms with Crippen molar-refractivity contribution in [3.8, 4) is 5.95 Å². The van der Waals surface area contributed by atoms with Crippen molar-refractivity contribution in [1.82, 2.24) is 39.5 Å². The predicted octanol–water partition coefficient (Wildman–Crippen LogP) is 5.88. The van der Waals surface area contributed by atoms with E-state index in [1.165, 1.54) is 0 Å². The molecular formula is C33H38Cl3N12O2W-. The van der Waals surface area contributed by atoms with E-state index in [1.54, 1.807) is 16.7 Å². The summed E-state index contributed by atoms with van der Waals surface area (Å²) in [5, 5.41) is 0.908. The number of aromatic nitrogens is 8. The van der Waals surface area contributed by atoms with Crippen LogP contribution in [0.1, 0.15) is 13.8 Å². The minimum Gasteiger partial charge on any atom is -0.377 e. The van der Waals surface area contributed by atoms with Crippen molar-refractivity contribution in [2.24, 2.45) is 0 Å². The Bertz CT molecular complexity index is 1990. The van der Waals surface area contributed by atoms with Gasteiger partial charge in [0, 0.05) is 46.3 Å². The first-order chi connectivity index (χ1) is 23.7. The maximum absolute atomic E-state index is 6.25. The first-order valence-electron chi connectivity index (χ1n) is 15.5. The van der Waals surface area contributed by atoms with Gasteiger partial charge in [0.1, 0.15) is 21.9 Å². The van der Waals surface area contributed by atoms with E-state index in [4.69, 9.17) is 55.7 Å². The molecule has 0 spiro atoms. The quantitative estimate of drug-likeness (QED) is 0.110. The second-order valence-electron chi connectivity index (χ2n) is 11.3. The summed E-state index contributed by atoms with van der Waals surface area (Å²) in [4.78, 5) is 32.6. The van der Waals surface area contributed by atoms with E-state index in [9.17, 15) is 0 Å². The molecule has 0 unspecified atom stereocenters. The average molecular weight is 925 g/mol. The van der Waals surface area contributed by atoms with Crippen LogP contribution in [0.2, 0.25) is 15.6 Å². The Morgan fingerprint density at radius 1 is 0.725 bits per heavy atom. The van der Waals surface area contributed by atoms with Crippen LogP contribution in [0.15, 0.2) is 60.7 Å². The molecule has 6 heterocycles. The van der Waals surface area contributed by atoms with E-state index in [2.05, 4.69) is 58.5 Å². The van der Waals surface area contributed by atoms with Crippen LogP contribution in [-0.2, 0) is 30.5 Å². The second kappa shape index (κ2) is 18.1. The summed E-state index contributed by atoms with van der Waals surface area (Å²) < 4.78 is 12.6. The average Bonchev–Trinajstić information content (AvgIpc) is 3.63. The van der Waals surface area contributed by atoms with E-state index >= 15 is 0 Å². The van der Waals surface area contributed by atoms with Crippen molar-refractivity contribution in [3.05, 3.63) is 83.7 Å². The molecule has 6 aromatic rings. The van der Waals surface area contributed by atoms with Gasteiger partial charge in [-0.25, -0.2) is 29.5 Å². The minimum absolute atomic E-state index is 0. The number of para-hydroxylation sites is 4. The fraction of sp³-hybridized carbons (Fsp3) is 0.303. The fourth-order valence-corrected chi connectivity index (χ4v) is 6.10. The molecule has 2 aromatic carbocycles. The number of ether oxygens (including phenoxy) is 2. The Morgan fingerprint density at radius 2 is 1.29 bits per heavy atom. The molecule has 0 radical (unpaired) electrons. The van der Waals surface area contributed by atoms with Crippen molar-refractivity contribution in [1.29, 1.82) is 0 Å². The number of morpholine rings is 2. The zero-order chi connectivity index (χ0) is 34.5. The monoisotopic (exact) mass is 923 g/mol. The number of benzene rings is 2. The van der Waals surface area contributed by atoms with Gasteiger partial charge < -0.3 is 43.2 Å². The molecule has 0 saturated carbocycles. The zero-order valence-electron chi connectivity index (χ0n) is 28.2. The van der Waals surface area contributed by atoms with Gasteiger partial charge in [0.25, 0.3) is 0 Å². The third-order valence-corrected chi connectivity index (χ3v) is 8.40. The first-order valence-corrected chi connectivity index (χ1v) is 16.7. The van der Waals surface area contributed by atoms with Gasteiger partial charge in [0.2, 0.25) is 17.2 Å². The number of hydrogen-bond acceptors (Lipinski definition) is 12. The Balaban J connectivity index is 0.000000185. The zero-order valence-corrected chi connectivity index (χ0v) is 33.4. The van der Waals surface area contributed by atoms with E-state index in [1.807, 2.05) is 48.5 Å². The molecule has 14 nitrogen and oxygen atoms in total. The number of H-pyrrole nitrogens is 1. The molecular weight excluding hydrogens is 887 g/mol. The molecule has 0 aliphatic carbocycles. The van der Waals surface area contributed by atoms with Crippen LogP contribution in [0.3, 0.4) is 0 Å². The van der Waals surface area contributed by atoms with Gasteiger partial charge in [-0.05, 0) is 49.7 Å². The van der Waals surface area contributed by atoms with Gasteiger partial charge >= 0.3 is 0 Å². The number of hydrogen-bond donors (Lipinski definition) is 3. The topological polar surface area (TPSA) is 175 Å². The molecule has 270 valence electrons. The molecule has 4 aromatic heterocycles. The molecule has 2 aliphatic heterocycles. The first kappa shape index (κ1) is 40.0. The van der Waals surface area contributed by atoms with Crippen LogP contribution in [0.25, 0.3) is 28.0 Å². The Hall–Kier alpha value is -3.78. The fourth-order valence-electron chi connectivity index (χ4n) is 5.53. The van der Waals surface area contributed by atoms with Crippen molar-refractivity contribution in [3.63, 3.8) is 0 Å². The third kappa shape index (κ3) is 9.76. The van der Waals surface area contributed by atoms with Crippen LogP contribution in [0, 0.1) is 7.43 Å². The smallest absolute Gasteiger partial charge is 0.240 e. The maximum Gasteiger partial charge on any atom is 0.240 e. The molecule has 2 aliphatic rings. The minimum atomic E-state index is 0. The van der Waals surface area contributed by atoms with Crippen molar-refractivity contribution < 1.29 is 30.5 Å². The largest absolute Gasteiger partial charge is 0.377 e. The summed E-state index contributed by atoms with van der Waals surface area (Å²) in [5.74, 6) is 2.75. The molecule has 2 atom stereocenters. The second-order valence-corrected chi connectivity index (χ2v) is 12.4. The molecule has 5 N–H and O–H groups in total. The summed E-state index contributed by atoms with van der Waals surface area (Å²) in [7, 11) is 0. The Morgan fingerprint density at radius 3 is 1.90 bits per heavy atom. The summed E-state index contributed by atoms with van der Waals surface area (Å²) in [6.45, 7) is 8.44. The molecule has 0 amide bonds. The Labute approximate surface area is 325 Å².